The Bertz CT molecular complexity index is 424. The second-order valence-corrected chi connectivity index (χ2v) is 8.29. The predicted octanol–water partition coefficient (Wildman–Crippen LogP) is 4.73. The molecule has 18 heavy (non-hydrogen) atoms. The van der Waals surface area contributed by atoms with Crippen molar-refractivity contribution in [3.63, 3.8) is 0 Å². The monoisotopic (exact) mass is 261 g/mol. The van der Waals surface area contributed by atoms with E-state index < -0.39 is 0 Å². The zero-order chi connectivity index (χ0) is 12.3. The number of nitrogens with zero attached hydrogens (tertiary/aromatic N) is 1. The summed E-state index contributed by atoms with van der Waals surface area (Å²) >= 11 is 1.96. The minimum absolute atomic E-state index is 0.507. The molecule has 0 N–H and O–H groups in total. The first-order valence-corrected chi connectivity index (χ1v) is 8.48. The van der Waals surface area contributed by atoms with E-state index in [4.69, 9.17) is 4.98 Å². The predicted molar refractivity (Wildman–Crippen MR) is 76.1 cm³/mol. The lowest BCUT2D eigenvalue weighted by atomic mass is 9.50. The van der Waals surface area contributed by atoms with Gasteiger partial charge in [-0.1, -0.05) is 13.8 Å². The Morgan fingerprint density at radius 3 is 2.11 bits per heavy atom. The first kappa shape index (κ1) is 11.5. The van der Waals surface area contributed by atoms with Gasteiger partial charge >= 0.3 is 0 Å². The fourth-order valence-electron chi connectivity index (χ4n) is 5.17. The molecular formula is C16H23NS. The minimum Gasteiger partial charge on any atom is -0.245 e. The quantitative estimate of drug-likeness (QED) is 0.749. The maximum atomic E-state index is 5.02. The van der Waals surface area contributed by atoms with Crippen molar-refractivity contribution in [2.24, 2.45) is 17.8 Å². The van der Waals surface area contributed by atoms with Gasteiger partial charge in [-0.3, -0.25) is 0 Å². The van der Waals surface area contributed by atoms with Crippen LogP contribution >= 0.6 is 11.3 Å². The maximum absolute atomic E-state index is 5.02. The van der Waals surface area contributed by atoms with Crippen molar-refractivity contribution in [2.75, 3.05) is 0 Å². The molecule has 1 nitrogen and oxygen atoms in total. The van der Waals surface area contributed by atoms with Gasteiger partial charge in [0.1, 0.15) is 0 Å². The fraction of sp³-hybridized carbons (Fsp3) is 0.812. The summed E-state index contributed by atoms with van der Waals surface area (Å²) in [6.45, 7) is 4.52. The van der Waals surface area contributed by atoms with Crippen LogP contribution in [0.4, 0.5) is 0 Å². The van der Waals surface area contributed by atoms with Gasteiger partial charge in [-0.25, -0.2) is 4.98 Å². The molecular weight excluding hydrogens is 238 g/mol. The molecule has 2 heteroatoms. The third-order valence-electron chi connectivity index (χ3n) is 5.61. The number of thiazole rings is 1. The standard InChI is InChI=1S/C16H23NS/c1-10(2)14-9-18-15(17-14)16-6-11-3-12(7-16)5-13(4-11)8-16/h9-13H,3-8H2,1-2H3. The van der Waals surface area contributed by atoms with Crippen LogP contribution < -0.4 is 0 Å². The van der Waals surface area contributed by atoms with Crippen molar-refractivity contribution >= 4 is 11.3 Å². The molecule has 4 fully saturated rings. The van der Waals surface area contributed by atoms with Crippen LogP contribution in [0.2, 0.25) is 0 Å². The van der Waals surface area contributed by atoms with E-state index in [9.17, 15) is 0 Å². The summed E-state index contributed by atoms with van der Waals surface area (Å²) in [6, 6.07) is 0. The van der Waals surface area contributed by atoms with Crippen LogP contribution in [0, 0.1) is 17.8 Å². The average molecular weight is 261 g/mol. The molecule has 5 rings (SSSR count). The van der Waals surface area contributed by atoms with Crippen LogP contribution in [0.25, 0.3) is 0 Å². The number of hydrogen-bond donors (Lipinski definition) is 0. The van der Waals surface area contributed by atoms with Crippen LogP contribution in [0.15, 0.2) is 5.38 Å². The van der Waals surface area contributed by atoms with Crippen LogP contribution in [-0.4, -0.2) is 4.98 Å². The first-order valence-electron chi connectivity index (χ1n) is 7.60. The van der Waals surface area contributed by atoms with Gasteiger partial charge in [-0.05, 0) is 62.2 Å². The van der Waals surface area contributed by atoms with Crippen molar-refractivity contribution in [3.8, 4) is 0 Å². The van der Waals surface area contributed by atoms with Crippen LogP contribution in [-0.2, 0) is 5.41 Å². The molecule has 4 aliphatic rings. The molecule has 0 amide bonds. The van der Waals surface area contributed by atoms with Gasteiger partial charge in [0.05, 0.1) is 10.7 Å². The Morgan fingerprint density at radius 1 is 1.11 bits per heavy atom. The van der Waals surface area contributed by atoms with Gasteiger partial charge in [0.15, 0.2) is 0 Å². The number of aromatic nitrogens is 1. The summed E-state index contributed by atoms with van der Waals surface area (Å²) in [5.74, 6) is 3.68. The van der Waals surface area contributed by atoms with E-state index in [1.165, 1.54) is 49.2 Å². The SMILES string of the molecule is CC(C)c1csc(C23CC4CC(CC(C4)C2)C3)n1. The highest BCUT2D eigenvalue weighted by molar-refractivity contribution is 7.09. The van der Waals surface area contributed by atoms with Crippen LogP contribution in [0.1, 0.15) is 69.0 Å². The molecule has 0 radical (unpaired) electrons. The fourth-order valence-corrected chi connectivity index (χ4v) is 6.38. The summed E-state index contributed by atoms with van der Waals surface area (Å²) in [5.41, 5.74) is 1.83. The third kappa shape index (κ3) is 1.61. The minimum atomic E-state index is 0.507. The van der Waals surface area contributed by atoms with E-state index in [1.54, 1.807) is 0 Å². The molecule has 0 spiro atoms. The van der Waals surface area contributed by atoms with Crippen molar-refractivity contribution in [1.29, 1.82) is 0 Å². The molecule has 1 aromatic rings. The zero-order valence-corrected chi connectivity index (χ0v) is 12.3. The van der Waals surface area contributed by atoms with Gasteiger partial charge in [0, 0.05) is 10.8 Å². The van der Waals surface area contributed by atoms with E-state index in [0.717, 1.165) is 17.8 Å². The molecule has 0 atom stereocenters. The van der Waals surface area contributed by atoms with Gasteiger partial charge in [0.2, 0.25) is 0 Å². The Kier molecular flexibility index (Phi) is 2.43. The normalized spacial score (nSPS) is 41.8. The molecule has 0 aliphatic heterocycles. The van der Waals surface area contributed by atoms with Gasteiger partial charge < -0.3 is 0 Å². The highest BCUT2D eigenvalue weighted by atomic mass is 32.1. The molecule has 0 unspecified atom stereocenters. The zero-order valence-electron chi connectivity index (χ0n) is 11.5. The number of rotatable bonds is 2. The summed E-state index contributed by atoms with van der Waals surface area (Å²) < 4.78 is 0. The number of hydrogen-bond acceptors (Lipinski definition) is 2. The summed E-state index contributed by atoms with van der Waals surface area (Å²) in [4.78, 5) is 5.02. The van der Waals surface area contributed by atoms with Gasteiger partial charge in [0.25, 0.3) is 0 Å². The Labute approximate surface area is 114 Å². The van der Waals surface area contributed by atoms with Crippen molar-refractivity contribution in [3.05, 3.63) is 16.1 Å². The van der Waals surface area contributed by atoms with Crippen LogP contribution in [0.5, 0.6) is 0 Å². The molecule has 0 aromatic carbocycles. The molecule has 98 valence electrons. The lowest BCUT2D eigenvalue weighted by Gasteiger charge is -2.56. The van der Waals surface area contributed by atoms with E-state index in [0.29, 0.717) is 11.3 Å². The first-order chi connectivity index (χ1) is 8.64. The molecule has 4 saturated carbocycles. The molecule has 4 aliphatic carbocycles. The van der Waals surface area contributed by atoms with Crippen molar-refractivity contribution in [1.82, 2.24) is 4.98 Å². The maximum Gasteiger partial charge on any atom is 0.0990 e. The van der Waals surface area contributed by atoms with Crippen molar-refractivity contribution < 1.29 is 0 Å². The van der Waals surface area contributed by atoms with E-state index >= 15 is 0 Å². The van der Waals surface area contributed by atoms with Gasteiger partial charge in [-0.15, -0.1) is 11.3 Å². The van der Waals surface area contributed by atoms with E-state index in [2.05, 4.69) is 19.2 Å². The van der Waals surface area contributed by atoms with Gasteiger partial charge in [-0.2, -0.15) is 0 Å². The third-order valence-corrected chi connectivity index (χ3v) is 6.71. The average Bonchev–Trinajstić information content (AvgIpc) is 2.76. The highest BCUT2D eigenvalue weighted by Crippen LogP contribution is 2.61. The Morgan fingerprint density at radius 2 is 1.67 bits per heavy atom. The second-order valence-electron chi connectivity index (χ2n) is 7.43. The smallest absolute Gasteiger partial charge is 0.0990 e. The lowest BCUT2D eigenvalue weighted by Crippen LogP contribution is -2.48. The molecule has 1 aromatic heterocycles. The van der Waals surface area contributed by atoms with E-state index in [1.807, 2.05) is 11.3 Å². The summed E-state index contributed by atoms with van der Waals surface area (Å²) in [5, 5.41) is 3.81. The molecule has 0 saturated heterocycles. The highest BCUT2D eigenvalue weighted by Gasteiger charge is 2.52. The largest absolute Gasteiger partial charge is 0.245 e. The lowest BCUT2D eigenvalue weighted by molar-refractivity contribution is -0.00534. The van der Waals surface area contributed by atoms with Crippen LogP contribution in [0.3, 0.4) is 0 Å². The van der Waals surface area contributed by atoms with Crippen molar-refractivity contribution in [2.45, 2.75) is 63.7 Å². The summed E-state index contributed by atoms with van der Waals surface area (Å²) in [7, 11) is 0. The Balaban J connectivity index is 1.70. The topological polar surface area (TPSA) is 12.9 Å². The Hall–Kier alpha value is -0.370. The molecule has 4 bridgehead atoms. The van der Waals surface area contributed by atoms with E-state index in [-0.39, 0.29) is 0 Å². The summed E-state index contributed by atoms with van der Waals surface area (Å²) in [6.07, 6.45) is 8.93. The second kappa shape index (κ2) is 3.82. The molecule has 1 heterocycles.